The second-order valence-electron chi connectivity index (χ2n) is 6.76. The largest absolute Gasteiger partial charge is 0.451 e. The van der Waals surface area contributed by atoms with E-state index in [1.165, 1.54) is 22.5 Å². The van der Waals surface area contributed by atoms with Crippen molar-refractivity contribution in [3.05, 3.63) is 70.2 Å². The number of anilines is 1. The van der Waals surface area contributed by atoms with Crippen LogP contribution in [0.25, 0.3) is 10.6 Å². The van der Waals surface area contributed by atoms with Gasteiger partial charge in [0.1, 0.15) is 9.88 Å². The van der Waals surface area contributed by atoms with Crippen molar-refractivity contribution >= 4 is 28.9 Å². The molecule has 0 aliphatic heterocycles. The van der Waals surface area contributed by atoms with Crippen molar-refractivity contribution in [1.29, 1.82) is 0 Å². The normalized spacial score (nSPS) is 12.5. The van der Waals surface area contributed by atoms with Gasteiger partial charge in [0.05, 0.1) is 5.69 Å². The third-order valence-electron chi connectivity index (χ3n) is 4.72. The number of hydrogen-bond donors (Lipinski definition) is 1. The smallest absolute Gasteiger partial charge is 0.350 e. The Bertz CT molecular complexity index is 1030. The van der Waals surface area contributed by atoms with E-state index >= 15 is 0 Å². The number of carbonyl (C=O) groups excluding carboxylic acids is 2. The standard InChI is InChI=1S/C22H20N2O3S/c1-14-20(28-21(23-14)16-6-3-2-4-7-16)22(26)27-13-19(25)24-18-11-10-15-8-5-9-17(15)12-18/h2-4,6-7,10-12H,5,8-9,13H2,1H3,(H,24,25). The number of nitrogens with zero attached hydrogens (tertiary/aromatic N) is 1. The van der Waals surface area contributed by atoms with E-state index in [0.29, 0.717) is 10.6 Å². The number of amides is 1. The Morgan fingerprint density at radius 2 is 1.89 bits per heavy atom. The van der Waals surface area contributed by atoms with Crippen LogP contribution in [0.3, 0.4) is 0 Å². The van der Waals surface area contributed by atoms with Crippen molar-refractivity contribution in [3.8, 4) is 10.6 Å². The zero-order valence-electron chi connectivity index (χ0n) is 15.5. The van der Waals surface area contributed by atoms with Crippen molar-refractivity contribution in [2.75, 3.05) is 11.9 Å². The van der Waals surface area contributed by atoms with Crippen LogP contribution in [0.1, 0.15) is 32.9 Å². The molecule has 142 valence electrons. The summed E-state index contributed by atoms with van der Waals surface area (Å²) in [5.74, 6) is -0.877. The lowest BCUT2D eigenvalue weighted by Crippen LogP contribution is -2.21. The average Bonchev–Trinajstić information content (AvgIpc) is 3.33. The molecule has 2 aromatic carbocycles. The van der Waals surface area contributed by atoms with Crippen molar-refractivity contribution in [2.24, 2.45) is 0 Å². The van der Waals surface area contributed by atoms with E-state index in [0.717, 1.165) is 35.5 Å². The van der Waals surface area contributed by atoms with Crippen LogP contribution < -0.4 is 5.32 Å². The Labute approximate surface area is 167 Å². The number of thiazole rings is 1. The summed E-state index contributed by atoms with van der Waals surface area (Å²) in [5, 5.41) is 3.55. The van der Waals surface area contributed by atoms with Crippen LogP contribution in [0, 0.1) is 6.92 Å². The van der Waals surface area contributed by atoms with Gasteiger partial charge in [0, 0.05) is 11.3 Å². The number of benzene rings is 2. The van der Waals surface area contributed by atoms with E-state index in [4.69, 9.17) is 4.74 Å². The first-order valence-corrected chi connectivity index (χ1v) is 10.0. The number of esters is 1. The molecule has 5 nitrogen and oxygen atoms in total. The highest BCUT2D eigenvalue weighted by molar-refractivity contribution is 7.17. The zero-order chi connectivity index (χ0) is 19.5. The summed E-state index contributed by atoms with van der Waals surface area (Å²) in [6, 6.07) is 15.6. The van der Waals surface area contributed by atoms with Gasteiger partial charge >= 0.3 is 5.97 Å². The molecule has 0 spiro atoms. The Hall–Kier alpha value is -2.99. The Kier molecular flexibility index (Phi) is 5.21. The number of carbonyl (C=O) groups is 2. The highest BCUT2D eigenvalue weighted by Crippen LogP contribution is 2.28. The summed E-state index contributed by atoms with van der Waals surface area (Å²) < 4.78 is 5.20. The fraction of sp³-hybridized carbons (Fsp3) is 0.227. The molecule has 1 amide bonds. The van der Waals surface area contributed by atoms with Crippen molar-refractivity contribution in [3.63, 3.8) is 0 Å². The molecule has 1 aliphatic carbocycles. The van der Waals surface area contributed by atoms with Crippen molar-refractivity contribution in [2.45, 2.75) is 26.2 Å². The Morgan fingerprint density at radius 1 is 1.11 bits per heavy atom. The fourth-order valence-corrected chi connectivity index (χ4v) is 4.30. The number of ether oxygens (including phenoxy) is 1. The molecular formula is C22H20N2O3S. The van der Waals surface area contributed by atoms with Crippen LogP contribution in [-0.2, 0) is 22.4 Å². The molecule has 1 heterocycles. The van der Waals surface area contributed by atoms with Crippen LogP contribution in [0.15, 0.2) is 48.5 Å². The molecular weight excluding hydrogens is 372 g/mol. The summed E-state index contributed by atoms with van der Waals surface area (Å²) in [5.41, 5.74) is 4.92. The van der Waals surface area contributed by atoms with Crippen LogP contribution in [0.5, 0.6) is 0 Å². The summed E-state index contributed by atoms with van der Waals surface area (Å²) >= 11 is 1.27. The van der Waals surface area contributed by atoms with Gasteiger partial charge in [-0.1, -0.05) is 36.4 Å². The van der Waals surface area contributed by atoms with Crippen LogP contribution >= 0.6 is 11.3 Å². The number of aromatic nitrogens is 1. The summed E-state index contributed by atoms with van der Waals surface area (Å²) in [7, 11) is 0. The van der Waals surface area contributed by atoms with Crippen LogP contribution in [0.2, 0.25) is 0 Å². The highest BCUT2D eigenvalue weighted by atomic mass is 32.1. The molecule has 0 unspecified atom stereocenters. The molecule has 1 N–H and O–H groups in total. The number of rotatable bonds is 5. The number of hydrogen-bond acceptors (Lipinski definition) is 5. The van der Waals surface area contributed by atoms with E-state index in [9.17, 15) is 9.59 Å². The fourth-order valence-electron chi connectivity index (χ4n) is 3.33. The van der Waals surface area contributed by atoms with Gasteiger partial charge in [0.2, 0.25) is 0 Å². The lowest BCUT2D eigenvalue weighted by atomic mass is 10.1. The molecule has 6 heteroatoms. The second-order valence-corrected chi connectivity index (χ2v) is 7.76. The minimum absolute atomic E-state index is 0.325. The van der Waals surface area contributed by atoms with E-state index in [-0.39, 0.29) is 12.5 Å². The van der Waals surface area contributed by atoms with Gasteiger partial charge < -0.3 is 10.1 Å². The third kappa shape index (κ3) is 3.97. The van der Waals surface area contributed by atoms with Gasteiger partial charge in [-0.25, -0.2) is 9.78 Å². The Balaban J connectivity index is 1.36. The van der Waals surface area contributed by atoms with Crippen molar-refractivity contribution in [1.82, 2.24) is 4.98 Å². The first-order valence-electron chi connectivity index (χ1n) is 9.22. The van der Waals surface area contributed by atoms with Gasteiger partial charge in [-0.3, -0.25) is 4.79 Å². The summed E-state index contributed by atoms with van der Waals surface area (Å²) in [4.78, 5) is 29.4. The molecule has 28 heavy (non-hydrogen) atoms. The zero-order valence-corrected chi connectivity index (χ0v) is 16.3. The monoisotopic (exact) mass is 392 g/mol. The molecule has 0 saturated carbocycles. The maximum Gasteiger partial charge on any atom is 0.350 e. The van der Waals surface area contributed by atoms with Gasteiger partial charge in [-0.15, -0.1) is 11.3 Å². The molecule has 1 aromatic heterocycles. The lowest BCUT2D eigenvalue weighted by molar-refractivity contribution is -0.119. The molecule has 3 aromatic rings. The predicted octanol–water partition coefficient (Wildman–Crippen LogP) is 4.40. The molecule has 4 rings (SSSR count). The van der Waals surface area contributed by atoms with Crippen LogP contribution in [-0.4, -0.2) is 23.5 Å². The first kappa shape index (κ1) is 18.4. The minimum Gasteiger partial charge on any atom is -0.451 e. The van der Waals surface area contributed by atoms with E-state index in [1.54, 1.807) is 6.92 Å². The molecule has 0 radical (unpaired) electrons. The highest BCUT2D eigenvalue weighted by Gasteiger charge is 2.19. The van der Waals surface area contributed by atoms with Gasteiger partial charge in [-0.05, 0) is 49.4 Å². The molecule has 1 aliphatic rings. The molecule has 0 atom stereocenters. The number of fused-ring (bicyclic) bond motifs is 1. The summed E-state index contributed by atoms with van der Waals surface area (Å²) in [6.45, 7) is 1.44. The predicted molar refractivity (Wildman–Crippen MR) is 110 cm³/mol. The summed E-state index contributed by atoms with van der Waals surface area (Å²) in [6.07, 6.45) is 3.30. The second kappa shape index (κ2) is 7.94. The van der Waals surface area contributed by atoms with Gasteiger partial charge in [-0.2, -0.15) is 0 Å². The first-order chi connectivity index (χ1) is 13.6. The average molecular weight is 392 g/mol. The van der Waals surface area contributed by atoms with Crippen molar-refractivity contribution < 1.29 is 14.3 Å². The van der Waals surface area contributed by atoms with E-state index in [2.05, 4.69) is 16.4 Å². The maximum absolute atomic E-state index is 12.4. The lowest BCUT2D eigenvalue weighted by Gasteiger charge is -2.08. The SMILES string of the molecule is Cc1nc(-c2ccccc2)sc1C(=O)OCC(=O)Nc1ccc2c(c1)CCC2. The number of aryl methyl sites for hydroxylation is 3. The third-order valence-corrected chi connectivity index (χ3v) is 5.91. The maximum atomic E-state index is 12.4. The minimum atomic E-state index is -0.527. The molecule has 0 fully saturated rings. The number of nitrogens with one attached hydrogen (secondary N) is 1. The van der Waals surface area contributed by atoms with Gasteiger partial charge in [0.25, 0.3) is 5.91 Å². The van der Waals surface area contributed by atoms with Gasteiger partial charge in [0.15, 0.2) is 6.61 Å². The molecule has 0 bridgehead atoms. The Morgan fingerprint density at radius 3 is 2.71 bits per heavy atom. The van der Waals surface area contributed by atoms with E-state index < -0.39 is 5.97 Å². The van der Waals surface area contributed by atoms with E-state index in [1.807, 2.05) is 42.5 Å². The quantitative estimate of drug-likeness (QED) is 0.654. The van der Waals surface area contributed by atoms with Crippen LogP contribution in [0.4, 0.5) is 5.69 Å². The molecule has 0 saturated heterocycles. The topological polar surface area (TPSA) is 68.3 Å².